The summed E-state index contributed by atoms with van der Waals surface area (Å²) in [6.45, 7) is 3.90. The van der Waals surface area contributed by atoms with E-state index in [9.17, 15) is 9.59 Å². The lowest BCUT2D eigenvalue weighted by Crippen LogP contribution is -2.53. The fourth-order valence-electron chi connectivity index (χ4n) is 2.44. The van der Waals surface area contributed by atoms with E-state index >= 15 is 0 Å². The molecule has 0 atom stereocenters. The van der Waals surface area contributed by atoms with Crippen molar-refractivity contribution in [1.29, 1.82) is 0 Å². The van der Waals surface area contributed by atoms with E-state index in [2.05, 4.69) is 0 Å². The van der Waals surface area contributed by atoms with Crippen molar-refractivity contribution in [3.05, 3.63) is 35.4 Å². The lowest BCUT2D eigenvalue weighted by atomic mass is 10.1. The summed E-state index contributed by atoms with van der Waals surface area (Å²) < 4.78 is 0. The molecular weight excluding hydrogens is 254 g/mol. The van der Waals surface area contributed by atoms with Crippen LogP contribution in [-0.4, -0.2) is 41.2 Å². The molecule has 1 saturated heterocycles. The topological polar surface area (TPSA) is 66.6 Å². The van der Waals surface area contributed by atoms with Gasteiger partial charge in [-0.3, -0.25) is 9.59 Å². The monoisotopic (exact) mass is 275 g/mol. The van der Waals surface area contributed by atoms with Crippen LogP contribution in [0.15, 0.2) is 24.3 Å². The first-order valence-electron chi connectivity index (χ1n) is 6.98. The summed E-state index contributed by atoms with van der Waals surface area (Å²) >= 11 is 0. The maximum atomic E-state index is 12.1. The first kappa shape index (κ1) is 14.5. The lowest BCUT2D eigenvalue weighted by molar-refractivity contribution is -0.150. The summed E-state index contributed by atoms with van der Waals surface area (Å²) in [6, 6.07) is 7.76. The van der Waals surface area contributed by atoms with Crippen LogP contribution in [0.25, 0.3) is 0 Å². The minimum Gasteiger partial charge on any atom is -0.332 e. The van der Waals surface area contributed by atoms with E-state index in [0.717, 1.165) is 17.5 Å². The van der Waals surface area contributed by atoms with Gasteiger partial charge in [-0.1, -0.05) is 31.2 Å². The largest absolute Gasteiger partial charge is 0.332 e. The van der Waals surface area contributed by atoms with Crippen LogP contribution in [0.5, 0.6) is 0 Å². The third-order valence-corrected chi connectivity index (χ3v) is 3.55. The van der Waals surface area contributed by atoms with Gasteiger partial charge in [-0.15, -0.1) is 0 Å². The van der Waals surface area contributed by atoms with Crippen molar-refractivity contribution < 1.29 is 9.59 Å². The predicted molar refractivity (Wildman–Crippen MR) is 76.6 cm³/mol. The van der Waals surface area contributed by atoms with E-state index in [1.54, 1.807) is 9.80 Å². The molecule has 0 radical (unpaired) electrons. The summed E-state index contributed by atoms with van der Waals surface area (Å²) in [4.78, 5) is 27.4. The molecule has 1 aromatic carbocycles. The number of nitrogens with zero attached hydrogens (tertiary/aromatic N) is 2. The molecule has 2 rings (SSSR count). The number of piperazine rings is 1. The van der Waals surface area contributed by atoms with Gasteiger partial charge >= 0.3 is 0 Å². The number of nitrogens with two attached hydrogens (primary N) is 1. The van der Waals surface area contributed by atoms with E-state index in [1.807, 2.05) is 31.2 Å². The molecule has 1 heterocycles. The number of amides is 2. The second-order valence-corrected chi connectivity index (χ2v) is 5.04. The van der Waals surface area contributed by atoms with E-state index in [4.69, 9.17) is 5.73 Å². The third-order valence-electron chi connectivity index (χ3n) is 3.55. The van der Waals surface area contributed by atoms with Crippen LogP contribution in [-0.2, 0) is 22.7 Å². The summed E-state index contributed by atoms with van der Waals surface area (Å²) in [5.74, 6) is 0.0292. The quantitative estimate of drug-likeness (QED) is 0.861. The average molecular weight is 275 g/mol. The van der Waals surface area contributed by atoms with E-state index in [1.165, 1.54) is 0 Å². The highest BCUT2D eigenvalue weighted by atomic mass is 16.2. The third kappa shape index (κ3) is 3.17. The molecule has 1 fully saturated rings. The molecule has 0 unspecified atom stereocenters. The summed E-state index contributed by atoms with van der Waals surface area (Å²) in [5, 5.41) is 0. The summed E-state index contributed by atoms with van der Waals surface area (Å²) in [7, 11) is 0. The Morgan fingerprint density at radius 3 is 2.30 bits per heavy atom. The van der Waals surface area contributed by atoms with Crippen LogP contribution >= 0.6 is 0 Å². The van der Waals surface area contributed by atoms with Crippen LogP contribution < -0.4 is 5.73 Å². The van der Waals surface area contributed by atoms with Crippen LogP contribution in [0.2, 0.25) is 0 Å². The Morgan fingerprint density at radius 1 is 1.05 bits per heavy atom. The Balaban J connectivity index is 2.07. The van der Waals surface area contributed by atoms with Gasteiger partial charge < -0.3 is 15.5 Å². The number of benzene rings is 1. The van der Waals surface area contributed by atoms with Crippen molar-refractivity contribution >= 4 is 11.8 Å². The Morgan fingerprint density at radius 2 is 1.65 bits per heavy atom. The van der Waals surface area contributed by atoms with Crippen LogP contribution in [0.1, 0.15) is 24.5 Å². The Kier molecular flexibility index (Phi) is 4.74. The highest BCUT2D eigenvalue weighted by Gasteiger charge is 2.29. The van der Waals surface area contributed by atoms with Crippen molar-refractivity contribution in [2.24, 2.45) is 5.73 Å². The number of carbonyl (C=O) groups is 2. The van der Waals surface area contributed by atoms with Gasteiger partial charge in [0.25, 0.3) is 0 Å². The van der Waals surface area contributed by atoms with Crippen LogP contribution in [0, 0.1) is 0 Å². The number of hydrogen-bond donors (Lipinski definition) is 1. The molecule has 2 amide bonds. The Hall–Kier alpha value is -1.88. The zero-order valence-corrected chi connectivity index (χ0v) is 11.8. The van der Waals surface area contributed by atoms with E-state index in [-0.39, 0.29) is 24.9 Å². The Bertz CT molecular complexity index is 502. The number of rotatable bonds is 5. The van der Waals surface area contributed by atoms with Crippen molar-refractivity contribution in [1.82, 2.24) is 9.80 Å². The van der Waals surface area contributed by atoms with Gasteiger partial charge in [-0.2, -0.15) is 0 Å². The second-order valence-electron chi connectivity index (χ2n) is 5.04. The molecule has 0 saturated carbocycles. The van der Waals surface area contributed by atoms with E-state index < -0.39 is 0 Å². The highest BCUT2D eigenvalue weighted by molar-refractivity contribution is 5.92. The molecule has 0 spiro atoms. The van der Waals surface area contributed by atoms with Gasteiger partial charge in [-0.05, 0) is 17.5 Å². The summed E-state index contributed by atoms with van der Waals surface area (Å²) in [5.41, 5.74) is 7.73. The Labute approximate surface area is 119 Å². The molecule has 108 valence electrons. The standard InChI is InChI=1S/C15H21N3O2/c1-2-7-17-10-15(20)18(11-14(17)19)9-13-6-4-3-5-12(13)8-16/h3-6H,2,7-11,16H2,1H3. The minimum atomic E-state index is 0.00451. The molecule has 1 aliphatic rings. The average Bonchev–Trinajstić information content (AvgIpc) is 2.45. The van der Waals surface area contributed by atoms with Crippen molar-refractivity contribution in [3.63, 3.8) is 0 Å². The van der Waals surface area contributed by atoms with Gasteiger partial charge in [0.2, 0.25) is 11.8 Å². The van der Waals surface area contributed by atoms with Crippen LogP contribution in [0.3, 0.4) is 0 Å². The van der Waals surface area contributed by atoms with Gasteiger partial charge in [-0.25, -0.2) is 0 Å². The number of carbonyl (C=O) groups excluding carboxylic acids is 2. The molecule has 2 N–H and O–H groups in total. The molecule has 1 aliphatic heterocycles. The minimum absolute atomic E-state index is 0.00451. The lowest BCUT2D eigenvalue weighted by Gasteiger charge is -2.34. The van der Waals surface area contributed by atoms with Gasteiger partial charge in [0.05, 0.1) is 6.54 Å². The number of hydrogen-bond acceptors (Lipinski definition) is 3. The van der Waals surface area contributed by atoms with Crippen molar-refractivity contribution in [3.8, 4) is 0 Å². The van der Waals surface area contributed by atoms with Gasteiger partial charge in [0.15, 0.2) is 0 Å². The smallest absolute Gasteiger partial charge is 0.242 e. The predicted octanol–water partition coefficient (Wildman–Crippen LogP) is 0.726. The van der Waals surface area contributed by atoms with Crippen molar-refractivity contribution in [2.75, 3.05) is 19.6 Å². The maximum absolute atomic E-state index is 12.1. The fraction of sp³-hybridized carbons (Fsp3) is 0.467. The molecule has 20 heavy (non-hydrogen) atoms. The van der Waals surface area contributed by atoms with Gasteiger partial charge in [0, 0.05) is 19.6 Å². The fourth-order valence-corrected chi connectivity index (χ4v) is 2.44. The zero-order chi connectivity index (χ0) is 14.5. The highest BCUT2D eigenvalue weighted by Crippen LogP contribution is 2.14. The molecule has 5 nitrogen and oxygen atoms in total. The first-order chi connectivity index (χ1) is 9.65. The first-order valence-corrected chi connectivity index (χ1v) is 6.98. The van der Waals surface area contributed by atoms with Crippen LogP contribution in [0.4, 0.5) is 0 Å². The molecular formula is C15H21N3O2. The molecule has 5 heteroatoms. The molecule has 1 aromatic rings. The SMILES string of the molecule is CCCN1CC(=O)N(Cc2ccccc2CN)CC1=O. The molecule has 0 aromatic heterocycles. The molecule has 0 bridgehead atoms. The van der Waals surface area contributed by atoms with Crippen molar-refractivity contribution in [2.45, 2.75) is 26.4 Å². The normalized spacial score (nSPS) is 15.9. The maximum Gasteiger partial charge on any atom is 0.242 e. The summed E-state index contributed by atoms with van der Waals surface area (Å²) in [6.07, 6.45) is 0.870. The van der Waals surface area contributed by atoms with Gasteiger partial charge in [0.1, 0.15) is 6.54 Å². The zero-order valence-electron chi connectivity index (χ0n) is 11.8. The van der Waals surface area contributed by atoms with E-state index in [0.29, 0.717) is 19.6 Å². The molecule has 0 aliphatic carbocycles. The second kappa shape index (κ2) is 6.52.